The van der Waals surface area contributed by atoms with Gasteiger partial charge in [0.15, 0.2) is 6.10 Å². The van der Waals surface area contributed by atoms with Gasteiger partial charge in [-0.15, -0.1) is 0 Å². The van der Waals surface area contributed by atoms with E-state index in [1.807, 2.05) is 21.1 Å². The maximum atomic E-state index is 12.8. The van der Waals surface area contributed by atoms with Crippen molar-refractivity contribution < 1.29 is 42.1 Å². The van der Waals surface area contributed by atoms with Crippen molar-refractivity contribution >= 4 is 19.8 Å². The summed E-state index contributed by atoms with van der Waals surface area (Å²) in [5.41, 5.74) is 0. The summed E-state index contributed by atoms with van der Waals surface area (Å²) < 4.78 is 34.5. The Hall–Kier alpha value is -1.51. The Labute approximate surface area is 402 Å². The Balaban J connectivity index is 4.16. The molecule has 384 valence electrons. The summed E-state index contributed by atoms with van der Waals surface area (Å²) in [4.78, 5) is 35.6. The van der Waals surface area contributed by atoms with E-state index in [4.69, 9.17) is 18.5 Å². The van der Waals surface area contributed by atoms with Crippen LogP contribution in [0, 0.1) is 0 Å². The van der Waals surface area contributed by atoms with Gasteiger partial charge in [-0.05, 0) is 44.9 Å². The molecule has 0 aromatic carbocycles. The molecule has 0 rings (SSSR count). The van der Waals surface area contributed by atoms with Gasteiger partial charge in [0, 0.05) is 12.8 Å². The van der Waals surface area contributed by atoms with Crippen molar-refractivity contribution in [3.05, 3.63) is 24.3 Å². The third-order valence-corrected chi connectivity index (χ3v) is 13.2. The second-order valence-corrected chi connectivity index (χ2v) is 21.4. The van der Waals surface area contributed by atoms with Gasteiger partial charge in [-0.25, -0.2) is 4.57 Å². The summed E-state index contributed by atoms with van der Waals surface area (Å²) in [7, 11) is 1.48. The molecule has 0 saturated carbocycles. The van der Waals surface area contributed by atoms with Crippen molar-refractivity contribution in [2.24, 2.45) is 0 Å². The molecule has 65 heavy (non-hydrogen) atoms. The number of carbonyl (C=O) groups excluding carboxylic acids is 2. The highest BCUT2D eigenvalue weighted by atomic mass is 31.2. The lowest BCUT2D eigenvalue weighted by Gasteiger charge is -2.24. The molecule has 10 heteroatoms. The summed E-state index contributed by atoms with van der Waals surface area (Å²) >= 11 is 0. The molecule has 0 aromatic heterocycles. The van der Waals surface area contributed by atoms with Gasteiger partial charge >= 0.3 is 19.8 Å². The van der Waals surface area contributed by atoms with Crippen molar-refractivity contribution in [1.82, 2.24) is 0 Å². The first-order chi connectivity index (χ1) is 31.5. The Morgan fingerprint density at radius 2 is 0.831 bits per heavy atom. The van der Waals surface area contributed by atoms with E-state index >= 15 is 0 Å². The number of allylic oxidation sites excluding steroid dienone is 4. The first-order valence-corrected chi connectivity index (χ1v) is 29.1. The summed E-state index contributed by atoms with van der Waals surface area (Å²) in [6.07, 6.45) is 55.2. The molecule has 0 saturated heterocycles. The fraction of sp³-hybridized carbons (Fsp3) is 0.891. The minimum absolute atomic E-state index is 0.0322. The number of esters is 2. The van der Waals surface area contributed by atoms with Gasteiger partial charge in [0.25, 0.3) is 0 Å². The molecule has 0 aliphatic rings. The molecule has 0 spiro atoms. The summed E-state index contributed by atoms with van der Waals surface area (Å²) in [6.45, 7) is 4.45. The van der Waals surface area contributed by atoms with Crippen LogP contribution in [0.5, 0.6) is 0 Å². The van der Waals surface area contributed by atoms with E-state index in [9.17, 15) is 19.0 Å². The number of phosphoric ester groups is 1. The van der Waals surface area contributed by atoms with Crippen LogP contribution < -0.4 is 0 Å². The molecule has 2 atom stereocenters. The molecule has 0 fully saturated rings. The van der Waals surface area contributed by atoms with Crippen molar-refractivity contribution in [3.8, 4) is 0 Å². The van der Waals surface area contributed by atoms with E-state index in [1.165, 1.54) is 180 Å². The number of carbonyl (C=O) groups is 2. The average Bonchev–Trinajstić information content (AvgIpc) is 3.26. The molecule has 0 radical (unpaired) electrons. The Morgan fingerprint density at radius 1 is 0.477 bits per heavy atom. The van der Waals surface area contributed by atoms with Crippen LogP contribution in [-0.2, 0) is 32.7 Å². The maximum Gasteiger partial charge on any atom is 0.472 e. The van der Waals surface area contributed by atoms with Gasteiger partial charge in [0.05, 0.1) is 27.7 Å². The minimum Gasteiger partial charge on any atom is -0.462 e. The zero-order valence-corrected chi connectivity index (χ0v) is 44.4. The fourth-order valence-electron chi connectivity index (χ4n) is 7.93. The van der Waals surface area contributed by atoms with Crippen LogP contribution in [0.15, 0.2) is 24.3 Å². The van der Waals surface area contributed by atoms with E-state index < -0.39 is 26.5 Å². The summed E-state index contributed by atoms with van der Waals surface area (Å²) in [6, 6.07) is 0. The smallest absolute Gasteiger partial charge is 0.462 e. The Morgan fingerprint density at radius 3 is 1.23 bits per heavy atom. The van der Waals surface area contributed by atoms with Crippen molar-refractivity contribution in [2.45, 2.75) is 270 Å². The highest BCUT2D eigenvalue weighted by Gasteiger charge is 2.27. The highest BCUT2D eigenvalue weighted by Crippen LogP contribution is 2.43. The molecule has 0 aliphatic heterocycles. The van der Waals surface area contributed by atoms with Crippen LogP contribution in [0.4, 0.5) is 0 Å². The molecular weight excluding hydrogens is 834 g/mol. The number of ether oxygens (including phenoxy) is 2. The number of quaternary nitrogens is 1. The highest BCUT2D eigenvalue weighted by molar-refractivity contribution is 7.47. The third kappa shape index (κ3) is 51.7. The number of likely N-dealkylation sites (N-methyl/N-ethyl adjacent to an activating group) is 1. The second-order valence-electron chi connectivity index (χ2n) is 20.0. The van der Waals surface area contributed by atoms with Crippen LogP contribution in [0.1, 0.15) is 264 Å². The number of phosphoric acid groups is 1. The van der Waals surface area contributed by atoms with Gasteiger partial charge in [-0.2, -0.15) is 0 Å². The zero-order valence-electron chi connectivity index (χ0n) is 43.5. The molecule has 9 nitrogen and oxygen atoms in total. The van der Waals surface area contributed by atoms with Crippen molar-refractivity contribution in [2.75, 3.05) is 47.5 Å². The monoisotopic (exact) mass is 941 g/mol. The topological polar surface area (TPSA) is 108 Å². The Bertz CT molecular complexity index is 1150. The Kier molecular flexibility index (Phi) is 46.4. The largest absolute Gasteiger partial charge is 0.472 e. The van der Waals surface area contributed by atoms with Gasteiger partial charge in [0.2, 0.25) is 0 Å². The van der Waals surface area contributed by atoms with Crippen molar-refractivity contribution in [1.29, 1.82) is 0 Å². The number of hydrogen-bond donors (Lipinski definition) is 1. The lowest BCUT2D eigenvalue weighted by atomic mass is 10.0. The van der Waals surface area contributed by atoms with Gasteiger partial charge < -0.3 is 18.9 Å². The molecule has 2 unspecified atom stereocenters. The SMILES string of the molecule is CCCCCC/C=C\C/C=C\CCCCCCCCCC(=O)OC(COC(=O)CCCCCCCCCCCCCCCCCCCCCCCCC)COP(=O)(O)OCC[N+](C)(C)C. The first-order valence-electron chi connectivity index (χ1n) is 27.6. The zero-order chi connectivity index (χ0) is 47.8. The van der Waals surface area contributed by atoms with Gasteiger partial charge in [0.1, 0.15) is 19.8 Å². The molecule has 0 amide bonds. The molecular formula is C55H107NO8P+. The third-order valence-electron chi connectivity index (χ3n) is 12.2. The van der Waals surface area contributed by atoms with E-state index in [0.717, 1.165) is 51.4 Å². The van der Waals surface area contributed by atoms with Gasteiger partial charge in [-0.3, -0.25) is 18.6 Å². The summed E-state index contributed by atoms with van der Waals surface area (Å²) in [5.74, 6) is -0.793. The van der Waals surface area contributed by atoms with E-state index in [2.05, 4.69) is 38.2 Å². The van der Waals surface area contributed by atoms with Crippen molar-refractivity contribution in [3.63, 3.8) is 0 Å². The van der Waals surface area contributed by atoms with Crippen LogP contribution in [0.3, 0.4) is 0 Å². The number of hydrogen-bond acceptors (Lipinski definition) is 7. The van der Waals surface area contributed by atoms with E-state index in [-0.39, 0.29) is 25.6 Å². The molecule has 0 heterocycles. The quantitative estimate of drug-likeness (QED) is 0.0211. The molecule has 0 aliphatic carbocycles. The lowest BCUT2D eigenvalue weighted by Crippen LogP contribution is -2.37. The number of nitrogens with zero attached hydrogens (tertiary/aromatic N) is 1. The predicted octanol–water partition coefficient (Wildman–Crippen LogP) is 16.6. The van der Waals surface area contributed by atoms with Crippen LogP contribution in [0.2, 0.25) is 0 Å². The first kappa shape index (κ1) is 63.5. The van der Waals surface area contributed by atoms with E-state index in [1.54, 1.807) is 0 Å². The standard InChI is InChI=1S/C55H106NO8P/c1-6-8-10-12-14-16-18-20-22-24-26-27-28-29-30-32-33-35-37-39-41-43-45-47-54(57)61-51-53(52-63-65(59,60)62-50-49-56(3,4)5)64-55(58)48-46-44-42-40-38-36-34-31-25-23-21-19-17-15-13-11-9-7-2/h17,19,23,25,53H,6-16,18,20-22,24,26-52H2,1-5H3/p+1/b19-17-,25-23-. The van der Waals surface area contributed by atoms with Crippen LogP contribution in [0.25, 0.3) is 0 Å². The van der Waals surface area contributed by atoms with Crippen LogP contribution >= 0.6 is 7.82 Å². The number of unbranched alkanes of at least 4 members (excludes halogenated alkanes) is 33. The average molecular weight is 941 g/mol. The lowest BCUT2D eigenvalue weighted by molar-refractivity contribution is -0.870. The number of rotatable bonds is 51. The fourth-order valence-corrected chi connectivity index (χ4v) is 8.67. The predicted molar refractivity (Wildman–Crippen MR) is 275 cm³/mol. The minimum atomic E-state index is -4.38. The molecule has 1 N–H and O–H groups in total. The summed E-state index contributed by atoms with van der Waals surface area (Å²) in [5, 5.41) is 0. The normalized spacial score (nSPS) is 13.5. The second kappa shape index (κ2) is 47.6. The van der Waals surface area contributed by atoms with Crippen LogP contribution in [-0.4, -0.2) is 74.9 Å². The molecule has 0 bridgehead atoms. The van der Waals surface area contributed by atoms with E-state index in [0.29, 0.717) is 23.9 Å². The maximum absolute atomic E-state index is 12.8. The van der Waals surface area contributed by atoms with Gasteiger partial charge in [-0.1, -0.05) is 231 Å². The molecule has 0 aromatic rings.